The molecular formula is C14H29NS. The molecule has 0 radical (unpaired) electrons. The highest BCUT2D eigenvalue weighted by atomic mass is 32.2. The summed E-state index contributed by atoms with van der Waals surface area (Å²) in [5.41, 5.74) is 0.589. The minimum Gasteiger partial charge on any atom is -0.319 e. The molecule has 1 N–H and O–H groups in total. The summed E-state index contributed by atoms with van der Waals surface area (Å²) in [4.78, 5) is 0. The second kappa shape index (κ2) is 6.90. The molecule has 1 fully saturated rings. The van der Waals surface area contributed by atoms with Gasteiger partial charge in [0.1, 0.15) is 0 Å². The number of hydrogen-bond acceptors (Lipinski definition) is 2. The molecule has 1 nitrogen and oxygen atoms in total. The average Bonchev–Trinajstić information content (AvgIpc) is 2.22. The van der Waals surface area contributed by atoms with Crippen LogP contribution in [0.5, 0.6) is 0 Å². The van der Waals surface area contributed by atoms with E-state index in [1.165, 1.54) is 43.7 Å². The van der Waals surface area contributed by atoms with Crippen LogP contribution in [0.1, 0.15) is 46.5 Å². The van der Waals surface area contributed by atoms with E-state index in [4.69, 9.17) is 0 Å². The standard InChI is InChI=1S/C14H29NS/c1-5-16-9-7-12-10-14(2,3)8-6-13(12)11-15-4/h12-13,15H,5-11H2,1-4H3. The van der Waals surface area contributed by atoms with E-state index in [0.29, 0.717) is 5.41 Å². The minimum absolute atomic E-state index is 0.589. The van der Waals surface area contributed by atoms with Gasteiger partial charge in [-0.25, -0.2) is 0 Å². The molecule has 0 amide bonds. The molecule has 0 aromatic rings. The van der Waals surface area contributed by atoms with Crippen molar-refractivity contribution in [1.29, 1.82) is 0 Å². The molecule has 16 heavy (non-hydrogen) atoms. The average molecular weight is 243 g/mol. The van der Waals surface area contributed by atoms with E-state index in [-0.39, 0.29) is 0 Å². The molecule has 96 valence electrons. The first kappa shape index (κ1) is 14.4. The van der Waals surface area contributed by atoms with Gasteiger partial charge in [-0.15, -0.1) is 0 Å². The van der Waals surface area contributed by atoms with Crippen LogP contribution in [0.15, 0.2) is 0 Å². The molecule has 0 heterocycles. The zero-order valence-electron chi connectivity index (χ0n) is 11.5. The van der Waals surface area contributed by atoms with Crippen molar-refractivity contribution >= 4 is 11.8 Å². The van der Waals surface area contributed by atoms with E-state index < -0.39 is 0 Å². The highest BCUT2D eigenvalue weighted by Crippen LogP contribution is 2.43. The SMILES string of the molecule is CCSCCC1CC(C)(C)CCC1CNC. The van der Waals surface area contributed by atoms with Gasteiger partial charge in [0, 0.05) is 0 Å². The van der Waals surface area contributed by atoms with E-state index in [2.05, 4.69) is 44.9 Å². The van der Waals surface area contributed by atoms with Gasteiger partial charge in [-0.2, -0.15) is 11.8 Å². The summed E-state index contributed by atoms with van der Waals surface area (Å²) in [5.74, 6) is 4.51. The fourth-order valence-corrected chi connectivity index (χ4v) is 3.80. The van der Waals surface area contributed by atoms with Crippen LogP contribution in [0.4, 0.5) is 0 Å². The number of hydrogen-bond donors (Lipinski definition) is 1. The molecule has 0 saturated heterocycles. The van der Waals surface area contributed by atoms with Crippen molar-refractivity contribution in [2.45, 2.75) is 46.5 Å². The van der Waals surface area contributed by atoms with Gasteiger partial charge in [-0.05, 0) is 68.0 Å². The second-order valence-corrected chi connectivity index (χ2v) is 7.36. The van der Waals surface area contributed by atoms with Crippen LogP contribution >= 0.6 is 11.8 Å². The Bertz CT molecular complexity index is 191. The molecule has 1 saturated carbocycles. The molecule has 1 aliphatic carbocycles. The van der Waals surface area contributed by atoms with Gasteiger partial charge >= 0.3 is 0 Å². The van der Waals surface area contributed by atoms with Crippen LogP contribution in [0.25, 0.3) is 0 Å². The maximum atomic E-state index is 3.38. The summed E-state index contributed by atoms with van der Waals surface area (Å²) in [5, 5.41) is 3.38. The summed E-state index contributed by atoms with van der Waals surface area (Å²) in [6, 6.07) is 0. The van der Waals surface area contributed by atoms with Gasteiger partial charge in [0.25, 0.3) is 0 Å². The normalized spacial score (nSPS) is 29.2. The zero-order valence-corrected chi connectivity index (χ0v) is 12.3. The zero-order chi connectivity index (χ0) is 12.0. The van der Waals surface area contributed by atoms with Gasteiger partial charge in [0.2, 0.25) is 0 Å². The second-order valence-electron chi connectivity index (χ2n) is 5.97. The van der Waals surface area contributed by atoms with Crippen LogP contribution in [-0.2, 0) is 0 Å². The van der Waals surface area contributed by atoms with Crippen molar-refractivity contribution in [2.24, 2.45) is 17.3 Å². The summed E-state index contributed by atoms with van der Waals surface area (Å²) >= 11 is 2.10. The van der Waals surface area contributed by atoms with Crippen molar-refractivity contribution in [3.63, 3.8) is 0 Å². The third-order valence-electron chi connectivity index (χ3n) is 3.98. The third kappa shape index (κ3) is 4.67. The molecule has 0 aliphatic heterocycles. The summed E-state index contributed by atoms with van der Waals surface area (Å²) < 4.78 is 0. The summed E-state index contributed by atoms with van der Waals surface area (Å²) in [6.07, 6.45) is 5.70. The fourth-order valence-electron chi connectivity index (χ4n) is 3.04. The lowest BCUT2D eigenvalue weighted by molar-refractivity contribution is 0.115. The maximum absolute atomic E-state index is 3.38. The Labute approximate surface area is 106 Å². The van der Waals surface area contributed by atoms with Gasteiger partial charge in [0.15, 0.2) is 0 Å². The van der Waals surface area contributed by atoms with Crippen LogP contribution in [0.2, 0.25) is 0 Å². The predicted molar refractivity (Wildman–Crippen MR) is 76.2 cm³/mol. The van der Waals surface area contributed by atoms with Crippen molar-refractivity contribution in [3.05, 3.63) is 0 Å². The summed E-state index contributed by atoms with van der Waals surface area (Å²) in [7, 11) is 2.09. The van der Waals surface area contributed by atoms with Crippen molar-refractivity contribution < 1.29 is 0 Å². The first-order valence-electron chi connectivity index (χ1n) is 6.81. The number of thioether (sulfide) groups is 1. The molecule has 0 bridgehead atoms. The van der Waals surface area contributed by atoms with Crippen molar-refractivity contribution in [3.8, 4) is 0 Å². The predicted octanol–water partition coefficient (Wildman–Crippen LogP) is 3.79. The highest BCUT2D eigenvalue weighted by Gasteiger charge is 2.33. The quantitative estimate of drug-likeness (QED) is 0.712. The number of rotatable bonds is 6. The molecule has 0 aromatic carbocycles. The molecular weight excluding hydrogens is 214 g/mol. The first-order chi connectivity index (χ1) is 7.59. The molecule has 2 unspecified atom stereocenters. The Morgan fingerprint density at radius 2 is 2.06 bits per heavy atom. The molecule has 0 aromatic heterocycles. The molecule has 0 spiro atoms. The monoisotopic (exact) mass is 243 g/mol. The van der Waals surface area contributed by atoms with Crippen LogP contribution in [0, 0.1) is 17.3 Å². The molecule has 1 aliphatic rings. The smallest absolute Gasteiger partial charge is 0.00209 e. The Kier molecular flexibility index (Phi) is 6.20. The van der Waals surface area contributed by atoms with Crippen molar-refractivity contribution in [2.75, 3.05) is 25.1 Å². The summed E-state index contributed by atoms with van der Waals surface area (Å²) in [6.45, 7) is 8.38. The van der Waals surface area contributed by atoms with Gasteiger partial charge in [-0.1, -0.05) is 20.8 Å². The molecule has 2 heteroatoms. The maximum Gasteiger partial charge on any atom is -0.00209 e. The van der Waals surface area contributed by atoms with E-state index in [0.717, 1.165) is 11.8 Å². The Morgan fingerprint density at radius 3 is 2.69 bits per heavy atom. The van der Waals surface area contributed by atoms with Crippen LogP contribution in [0.3, 0.4) is 0 Å². The molecule has 2 atom stereocenters. The van der Waals surface area contributed by atoms with E-state index >= 15 is 0 Å². The highest BCUT2D eigenvalue weighted by molar-refractivity contribution is 7.99. The largest absolute Gasteiger partial charge is 0.319 e. The minimum atomic E-state index is 0.589. The fraction of sp³-hybridized carbons (Fsp3) is 1.00. The van der Waals surface area contributed by atoms with E-state index in [1.54, 1.807) is 0 Å². The van der Waals surface area contributed by atoms with Crippen LogP contribution < -0.4 is 5.32 Å². The van der Waals surface area contributed by atoms with Gasteiger partial charge in [-0.3, -0.25) is 0 Å². The lowest BCUT2D eigenvalue weighted by Gasteiger charge is -2.41. The third-order valence-corrected chi connectivity index (χ3v) is 4.91. The van der Waals surface area contributed by atoms with Gasteiger partial charge < -0.3 is 5.32 Å². The first-order valence-corrected chi connectivity index (χ1v) is 7.97. The number of nitrogens with one attached hydrogen (secondary N) is 1. The lowest BCUT2D eigenvalue weighted by atomic mass is 9.66. The lowest BCUT2D eigenvalue weighted by Crippen LogP contribution is -2.35. The Morgan fingerprint density at radius 1 is 1.31 bits per heavy atom. The van der Waals surface area contributed by atoms with E-state index in [9.17, 15) is 0 Å². The van der Waals surface area contributed by atoms with Crippen LogP contribution in [-0.4, -0.2) is 25.1 Å². The molecule has 1 rings (SSSR count). The Balaban J connectivity index is 2.43. The Hall–Kier alpha value is 0.310. The van der Waals surface area contributed by atoms with Crippen molar-refractivity contribution in [1.82, 2.24) is 5.32 Å². The topological polar surface area (TPSA) is 12.0 Å². The van der Waals surface area contributed by atoms with E-state index in [1.807, 2.05) is 0 Å². The van der Waals surface area contributed by atoms with Gasteiger partial charge in [0.05, 0.1) is 0 Å².